The minimum atomic E-state index is 0.454. The summed E-state index contributed by atoms with van der Waals surface area (Å²) in [5, 5.41) is 8.00. The van der Waals surface area contributed by atoms with Crippen molar-refractivity contribution in [3.63, 3.8) is 0 Å². The molecule has 124 valence electrons. The highest BCUT2D eigenvalue weighted by Gasteiger charge is 2.25. The van der Waals surface area contributed by atoms with Crippen LogP contribution in [0.4, 0.5) is 5.82 Å². The van der Waals surface area contributed by atoms with Gasteiger partial charge in [-0.05, 0) is 24.9 Å². The second-order valence-electron chi connectivity index (χ2n) is 6.46. The zero-order chi connectivity index (χ0) is 16.4. The first-order valence-electron chi connectivity index (χ1n) is 8.44. The lowest BCUT2D eigenvalue weighted by atomic mass is 10.0. The predicted octanol–water partition coefficient (Wildman–Crippen LogP) is 2.45. The predicted molar refractivity (Wildman–Crippen MR) is 94.8 cm³/mol. The summed E-state index contributed by atoms with van der Waals surface area (Å²) in [6.45, 7) is 3.22. The lowest BCUT2D eigenvalue weighted by Crippen LogP contribution is -2.46. The molecule has 6 nitrogen and oxygen atoms in total. The molecule has 0 spiro atoms. The molecule has 1 saturated heterocycles. The van der Waals surface area contributed by atoms with E-state index in [4.69, 9.17) is 0 Å². The third-order valence-corrected chi connectivity index (χ3v) is 4.84. The van der Waals surface area contributed by atoms with Crippen molar-refractivity contribution in [2.24, 2.45) is 0 Å². The van der Waals surface area contributed by atoms with Gasteiger partial charge >= 0.3 is 0 Å². The molecular formula is C18H22N6. The highest BCUT2D eigenvalue weighted by atomic mass is 15.3. The number of anilines is 1. The number of hydrogen-bond acceptors (Lipinski definition) is 5. The summed E-state index contributed by atoms with van der Waals surface area (Å²) in [6, 6.07) is 11.1. The number of rotatable bonds is 4. The fraction of sp³-hybridized carbons (Fsp3) is 0.389. The summed E-state index contributed by atoms with van der Waals surface area (Å²) in [7, 11) is 2.13. The molecule has 4 rings (SSSR count). The summed E-state index contributed by atoms with van der Waals surface area (Å²) in [5.74, 6) is 0.959. The van der Waals surface area contributed by atoms with Gasteiger partial charge in [0, 0.05) is 26.2 Å². The summed E-state index contributed by atoms with van der Waals surface area (Å²) in [4.78, 5) is 13.6. The third-order valence-electron chi connectivity index (χ3n) is 4.84. The number of aromatic amines is 1. The Morgan fingerprint density at radius 2 is 2.12 bits per heavy atom. The van der Waals surface area contributed by atoms with Crippen LogP contribution in [0, 0.1) is 0 Å². The minimum Gasteiger partial charge on any atom is -0.355 e. The molecule has 1 aliphatic rings. The van der Waals surface area contributed by atoms with E-state index < -0.39 is 0 Å². The molecule has 0 aliphatic carbocycles. The van der Waals surface area contributed by atoms with Crippen molar-refractivity contribution in [3.05, 3.63) is 48.4 Å². The van der Waals surface area contributed by atoms with E-state index in [1.807, 2.05) is 6.20 Å². The van der Waals surface area contributed by atoms with E-state index in [-0.39, 0.29) is 0 Å². The average molecular weight is 322 g/mol. The molecule has 0 saturated carbocycles. The van der Waals surface area contributed by atoms with Crippen LogP contribution in [0.5, 0.6) is 0 Å². The first kappa shape index (κ1) is 15.1. The molecule has 1 aliphatic heterocycles. The monoisotopic (exact) mass is 322 g/mol. The van der Waals surface area contributed by atoms with Crippen molar-refractivity contribution in [2.75, 3.05) is 25.0 Å². The number of likely N-dealkylation sites (N-methyl/N-ethyl adjacent to an activating group) is 1. The van der Waals surface area contributed by atoms with E-state index in [1.54, 1.807) is 6.33 Å². The largest absolute Gasteiger partial charge is 0.355 e. The molecule has 3 aromatic rings. The molecule has 3 heterocycles. The van der Waals surface area contributed by atoms with E-state index in [0.717, 1.165) is 36.5 Å². The SMILES string of the molecule is CN(c1ncnc2[nH]ncc12)[C@@H]1CCCN(Cc2ccccc2)C1. The maximum absolute atomic E-state index is 4.50. The Balaban J connectivity index is 1.50. The summed E-state index contributed by atoms with van der Waals surface area (Å²) in [6.07, 6.45) is 5.81. The van der Waals surface area contributed by atoms with Gasteiger partial charge in [0.25, 0.3) is 0 Å². The zero-order valence-corrected chi connectivity index (χ0v) is 13.9. The molecular weight excluding hydrogens is 300 g/mol. The number of aromatic nitrogens is 4. The highest BCUT2D eigenvalue weighted by Crippen LogP contribution is 2.25. The molecule has 1 atom stereocenters. The quantitative estimate of drug-likeness (QED) is 0.799. The summed E-state index contributed by atoms with van der Waals surface area (Å²) < 4.78 is 0. The average Bonchev–Trinajstić information content (AvgIpc) is 3.11. The first-order valence-corrected chi connectivity index (χ1v) is 8.44. The van der Waals surface area contributed by atoms with Gasteiger partial charge in [0.1, 0.15) is 12.1 Å². The Labute approximate surface area is 141 Å². The smallest absolute Gasteiger partial charge is 0.160 e. The van der Waals surface area contributed by atoms with Crippen molar-refractivity contribution in [3.8, 4) is 0 Å². The van der Waals surface area contributed by atoms with Gasteiger partial charge in [-0.1, -0.05) is 30.3 Å². The van der Waals surface area contributed by atoms with E-state index in [0.29, 0.717) is 6.04 Å². The highest BCUT2D eigenvalue weighted by molar-refractivity contribution is 5.86. The number of likely N-dealkylation sites (tertiary alicyclic amines) is 1. The van der Waals surface area contributed by atoms with Gasteiger partial charge in [-0.3, -0.25) is 10.00 Å². The second kappa shape index (κ2) is 6.57. The molecule has 0 radical (unpaired) electrons. The van der Waals surface area contributed by atoms with E-state index in [9.17, 15) is 0 Å². The van der Waals surface area contributed by atoms with Gasteiger partial charge in [0.15, 0.2) is 5.65 Å². The molecule has 6 heteroatoms. The Kier molecular flexibility index (Phi) is 4.13. The molecule has 0 bridgehead atoms. The maximum Gasteiger partial charge on any atom is 0.160 e. The van der Waals surface area contributed by atoms with Crippen molar-refractivity contribution in [1.82, 2.24) is 25.1 Å². The van der Waals surface area contributed by atoms with Crippen LogP contribution in [-0.2, 0) is 6.54 Å². The van der Waals surface area contributed by atoms with Gasteiger partial charge in [-0.15, -0.1) is 0 Å². The van der Waals surface area contributed by atoms with Crippen molar-refractivity contribution < 1.29 is 0 Å². The molecule has 1 N–H and O–H groups in total. The maximum atomic E-state index is 4.50. The van der Waals surface area contributed by atoms with Crippen LogP contribution in [0.2, 0.25) is 0 Å². The first-order chi connectivity index (χ1) is 11.8. The normalized spacial score (nSPS) is 18.8. The van der Waals surface area contributed by atoms with Crippen LogP contribution < -0.4 is 4.90 Å². The van der Waals surface area contributed by atoms with E-state index in [1.165, 1.54) is 18.4 Å². The van der Waals surface area contributed by atoms with Crippen LogP contribution in [0.15, 0.2) is 42.9 Å². The van der Waals surface area contributed by atoms with Crippen LogP contribution in [0.1, 0.15) is 18.4 Å². The fourth-order valence-corrected chi connectivity index (χ4v) is 3.54. The number of piperidine rings is 1. The number of nitrogens with one attached hydrogen (secondary N) is 1. The van der Waals surface area contributed by atoms with Gasteiger partial charge in [0.05, 0.1) is 11.6 Å². The molecule has 0 unspecified atom stereocenters. The van der Waals surface area contributed by atoms with Crippen molar-refractivity contribution in [1.29, 1.82) is 0 Å². The Morgan fingerprint density at radius 3 is 3.00 bits per heavy atom. The Hall–Kier alpha value is -2.47. The van der Waals surface area contributed by atoms with Crippen LogP contribution in [0.3, 0.4) is 0 Å². The minimum absolute atomic E-state index is 0.454. The van der Waals surface area contributed by atoms with Gasteiger partial charge in [-0.2, -0.15) is 5.10 Å². The van der Waals surface area contributed by atoms with Gasteiger partial charge < -0.3 is 4.90 Å². The van der Waals surface area contributed by atoms with E-state index >= 15 is 0 Å². The molecule has 2 aromatic heterocycles. The molecule has 24 heavy (non-hydrogen) atoms. The van der Waals surface area contributed by atoms with Crippen molar-refractivity contribution in [2.45, 2.75) is 25.4 Å². The second-order valence-corrected chi connectivity index (χ2v) is 6.46. The zero-order valence-electron chi connectivity index (χ0n) is 13.9. The van der Waals surface area contributed by atoms with Crippen LogP contribution in [-0.4, -0.2) is 51.2 Å². The molecule has 0 amide bonds. The fourth-order valence-electron chi connectivity index (χ4n) is 3.54. The molecule has 1 aromatic carbocycles. The lowest BCUT2D eigenvalue weighted by molar-refractivity contribution is 0.198. The van der Waals surface area contributed by atoms with Crippen molar-refractivity contribution >= 4 is 16.9 Å². The number of benzene rings is 1. The number of hydrogen-bond donors (Lipinski definition) is 1. The van der Waals surface area contributed by atoms with E-state index in [2.05, 4.69) is 67.3 Å². The summed E-state index contributed by atoms with van der Waals surface area (Å²) >= 11 is 0. The Bertz CT molecular complexity index is 799. The molecule has 1 fully saturated rings. The number of nitrogens with zero attached hydrogens (tertiary/aromatic N) is 5. The van der Waals surface area contributed by atoms with Gasteiger partial charge in [0.2, 0.25) is 0 Å². The van der Waals surface area contributed by atoms with Crippen LogP contribution >= 0.6 is 0 Å². The lowest BCUT2D eigenvalue weighted by Gasteiger charge is -2.38. The summed E-state index contributed by atoms with van der Waals surface area (Å²) in [5.41, 5.74) is 2.17. The topological polar surface area (TPSA) is 60.9 Å². The van der Waals surface area contributed by atoms with Gasteiger partial charge in [-0.25, -0.2) is 9.97 Å². The number of H-pyrrole nitrogens is 1. The van der Waals surface area contributed by atoms with Crippen LogP contribution in [0.25, 0.3) is 11.0 Å². The third kappa shape index (κ3) is 2.97. The number of fused-ring (bicyclic) bond motifs is 1. The standard InChI is InChI=1S/C18H22N6/c1-23(18-16-10-21-22-17(16)19-13-20-18)15-8-5-9-24(12-15)11-14-6-3-2-4-7-14/h2-4,6-7,10,13,15H,5,8-9,11-12H2,1H3,(H,19,20,21,22)/t15-/m1/s1. The Morgan fingerprint density at radius 1 is 1.25 bits per heavy atom.